The smallest absolute Gasteiger partial charge is 0.338 e. The number of amides is 1. The minimum absolute atomic E-state index is 0.0498. The first-order valence-corrected chi connectivity index (χ1v) is 9.60. The first kappa shape index (κ1) is 21.8. The number of nitrogens with one attached hydrogen (secondary N) is 1. The molecule has 0 unspecified atom stereocenters. The molecule has 0 aliphatic heterocycles. The fraction of sp³-hybridized carbons (Fsp3) is 0.158. The zero-order chi connectivity index (χ0) is 22.4. The standard InChI is InChI=1S/C19H17N5O6S/c1-23-11-20-22-19(23)31-16-8-3-12(9-15(16)24(27)28)18(26)30-10-17(25)21-13-4-6-14(29-2)7-5-13/h3-9,11H,10H2,1-2H3,(H,21,25). The summed E-state index contributed by atoms with van der Waals surface area (Å²) in [5, 5.41) is 22.1. The molecule has 0 saturated carbocycles. The molecule has 12 heteroatoms. The van der Waals surface area contributed by atoms with Crippen molar-refractivity contribution in [2.24, 2.45) is 7.05 Å². The third-order valence-electron chi connectivity index (χ3n) is 3.97. The number of nitro groups is 1. The molecule has 11 nitrogen and oxygen atoms in total. The highest BCUT2D eigenvalue weighted by Gasteiger charge is 2.21. The Balaban J connectivity index is 1.64. The van der Waals surface area contributed by atoms with Crippen LogP contribution in [0.5, 0.6) is 5.75 Å². The first-order valence-electron chi connectivity index (χ1n) is 8.78. The third-order valence-corrected chi connectivity index (χ3v) is 5.09. The van der Waals surface area contributed by atoms with Crippen molar-refractivity contribution in [1.82, 2.24) is 14.8 Å². The summed E-state index contributed by atoms with van der Waals surface area (Å²) >= 11 is 1.04. The lowest BCUT2D eigenvalue weighted by Crippen LogP contribution is -2.21. The van der Waals surface area contributed by atoms with E-state index in [0.29, 0.717) is 16.6 Å². The van der Waals surface area contributed by atoms with Gasteiger partial charge in [0.05, 0.1) is 22.5 Å². The molecule has 1 N–H and O–H groups in total. The van der Waals surface area contributed by atoms with Crippen molar-refractivity contribution in [3.63, 3.8) is 0 Å². The number of carbonyl (C=O) groups is 2. The molecule has 31 heavy (non-hydrogen) atoms. The van der Waals surface area contributed by atoms with Crippen LogP contribution in [0.15, 0.2) is 58.8 Å². The zero-order valence-corrected chi connectivity index (χ0v) is 17.3. The molecular weight excluding hydrogens is 426 g/mol. The number of hydrogen-bond donors (Lipinski definition) is 1. The van der Waals surface area contributed by atoms with Crippen LogP contribution in [0, 0.1) is 10.1 Å². The molecule has 0 fully saturated rings. The Morgan fingerprint density at radius 3 is 2.58 bits per heavy atom. The fourth-order valence-corrected chi connectivity index (χ4v) is 3.27. The molecular formula is C19H17N5O6S. The van der Waals surface area contributed by atoms with E-state index in [4.69, 9.17) is 9.47 Å². The van der Waals surface area contributed by atoms with Gasteiger partial charge in [0.25, 0.3) is 11.6 Å². The lowest BCUT2D eigenvalue weighted by Gasteiger charge is -2.08. The Bertz CT molecular complexity index is 1120. The summed E-state index contributed by atoms with van der Waals surface area (Å²) in [5.74, 6) is -0.780. The lowest BCUT2D eigenvalue weighted by atomic mass is 10.2. The summed E-state index contributed by atoms with van der Waals surface area (Å²) in [6.45, 7) is -0.548. The zero-order valence-electron chi connectivity index (χ0n) is 16.5. The van der Waals surface area contributed by atoms with Crippen molar-refractivity contribution in [2.75, 3.05) is 19.0 Å². The molecule has 3 aromatic rings. The van der Waals surface area contributed by atoms with Gasteiger partial charge >= 0.3 is 5.97 Å². The highest BCUT2D eigenvalue weighted by Crippen LogP contribution is 2.34. The molecule has 160 valence electrons. The van der Waals surface area contributed by atoms with Gasteiger partial charge in [-0.3, -0.25) is 14.9 Å². The number of nitro benzene ring substituents is 1. The SMILES string of the molecule is COc1ccc(NC(=O)COC(=O)c2ccc(Sc3nncn3C)c([N+](=O)[O-])c2)cc1. The summed E-state index contributed by atoms with van der Waals surface area (Å²) < 4.78 is 11.6. The normalized spacial score (nSPS) is 10.4. The van der Waals surface area contributed by atoms with Crippen LogP contribution in [0.2, 0.25) is 0 Å². The number of anilines is 1. The third kappa shape index (κ3) is 5.57. The first-order chi connectivity index (χ1) is 14.9. The van der Waals surface area contributed by atoms with E-state index >= 15 is 0 Å². The molecule has 3 rings (SSSR count). The summed E-state index contributed by atoms with van der Waals surface area (Å²) in [6.07, 6.45) is 1.47. The van der Waals surface area contributed by atoms with E-state index in [-0.39, 0.29) is 16.1 Å². The van der Waals surface area contributed by atoms with Crippen molar-refractivity contribution < 1.29 is 24.0 Å². The summed E-state index contributed by atoms with van der Waals surface area (Å²) in [5.41, 5.74) is 0.166. The minimum Gasteiger partial charge on any atom is -0.497 e. The number of rotatable bonds is 8. The van der Waals surface area contributed by atoms with Crippen LogP contribution in [0.4, 0.5) is 11.4 Å². The van der Waals surface area contributed by atoms with E-state index < -0.39 is 23.4 Å². The van der Waals surface area contributed by atoms with Gasteiger partial charge < -0.3 is 19.4 Å². The average Bonchev–Trinajstić information content (AvgIpc) is 3.17. The Labute approximate surface area is 180 Å². The fourth-order valence-electron chi connectivity index (χ4n) is 2.42. The quantitative estimate of drug-likeness (QED) is 0.316. The second-order valence-electron chi connectivity index (χ2n) is 6.12. The molecule has 0 aliphatic rings. The van der Waals surface area contributed by atoms with Crippen molar-refractivity contribution in [1.29, 1.82) is 0 Å². The largest absolute Gasteiger partial charge is 0.497 e. The van der Waals surface area contributed by atoms with Gasteiger partial charge in [0.1, 0.15) is 12.1 Å². The number of carbonyl (C=O) groups excluding carboxylic acids is 2. The van der Waals surface area contributed by atoms with E-state index in [2.05, 4.69) is 15.5 Å². The Hall–Kier alpha value is -3.93. The number of nitrogens with zero attached hydrogens (tertiary/aromatic N) is 4. The van der Waals surface area contributed by atoms with Gasteiger partial charge in [0, 0.05) is 18.8 Å². The molecule has 0 bridgehead atoms. The van der Waals surface area contributed by atoms with Crippen LogP contribution in [-0.2, 0) is 16.6 Å². The van der Waals surface area contributed by atoms with Crippen LogP contribution >= 0.6 is 11.8 Å². The second-order valence-corrected chi connectivity index (χ2v) is 7.13. The molecule has 1 amide bonds. The van der Waals surface area contributed by atoms with E-state index in [9.17, 15) is 19.7 Å². The Morgan fingerprint density at radius 2 is 1.97 bits per heavy atom. The van der Waals surface area contributed by atoms with Gasteiger partial charge in [-0.15, -0.1) is 10.2 Å². The number of ether oxygens (including phenoxy) is 2. The average molecular weight is 443 g/mol. The molecule has 0 aliphatic carbocycles. The van der Waals surface area contributed by atoms with Gasteiger partial charge in [-0.1, -0.05) is 0 Å². The minimum atomic E-state index is -0.858. The maximum atomic E-state index is 12.3. The van der Waals surface area contributed by atoms with Crippen LogP contribution in [0.25, 0.3) is 0 Å². The monoisotopic (exact) mass is 443 g/mol. The number of benzene rings is 2. The Kier molecular flexibility index (Phi) is 6.82. The van der Waals surface area contributed by atoms with E-state index in [1.54, 1.807) is 35.9 Å². The Morgan fingerprint density at radius 1 is 1.23 bits per heavy atom. The molecule has 0 atom stereocenters. The maximum absolute atomic E-state index is 12.3. The van der Waals surface area contributed by atoms with Gasteiger partial charge in [-0.2, -0.15) is 0 Å². The molecule has 0 spiro atoms. The lowest BCUT2D eigenvalue weighted by molar-refractivity contribution is -0.387. The summed E-state index contributed by atoms with van der Waals surface area (Å²) in [4.78, 5) is 35.4. The van der Waals surface area contributed by atoms with E-state index in [0.717, 1.165) is 17.8 Å². The number of aryl methyl sites for hydroxylation is 1. The van der Waals surface area contributed by atoms with Crippen molar-refractivity contribution in [3.8, 4) is 5.75 Å². The summed E-state index contributed by atoms with van der Waals surface area (Å²) in [6, 6.07) is 10.5. The van der Waals surface area contributed by atoms with Crippen LogP contribution in [-0.4, -0.2) is 45.3 Å². The number of aromatic nitrogens is 3. The topological polar surface area (TPSA) is 138 Å². The maximum Gasteiger partial charge on any atom is 0.338 e. The highest BCUT2D eigenvalue weighted by molar-refractivity contribution is 7.99. The second kappa shape index (κ2) is 9.71. The van der Waals surface area contributed by atoms with Gasteiger partial charge in [0.2, 0.25) is 0 Å². The molecule has 2 aromatic carbocycles. The van der Waals surface area contributed by atoms with E-state index in [1.165, 1.54) is 25.6 Å². The van der Waals surface area contributed by atoms with E-state index in [1.807, 2.05) is 0 Å². The van der Waals surface area contributed by atoms with Gasteiger partial charge in [0.15, 0.2) is 11.8 Å². The van der Waals surface area contributed by atoms with Crippen molar-refractivity contribution >= 4 is 35.0 Å². The highest BCUT2D eigenvalue weighted by atomic mass is 32.2. The van der Waals surface area contributed by atoms with Gasteiger partial charge in [-0.05, 0) is 48.2 Å². The predicted octanol–water partition coefficient (Wildman–Crippen LogP) is 2.68. The predicted molar refractivity (Wildman–Crippen MR) is 110 cm³/mol. The molecule has 1 aromatic heterocycles. The number of hydrogen-bond acceptors (Lipinski definition) is 9. The number of esters is 1. The summed E-state index contributed by atoms with van der Waals surface area (Å²) in [7, 11) is 3.23. The number of methoxy groups -OCH3 is 1. The molecule has 0 radical (unpaired) electrons. The van der Waals surface area contributed by atoms with Crippen LogP contribution in [0.3, 0.4) is 0 Å². The van der Waals surface area contributed by atoms with Crippen molar-refractivity contribution in [2.45, 2.75) is 10.1 Å². The van der Waals surface area contributed by atoms with Crippen LogP contribution < -0.4 is 10.1 Å². The van der Waals surface area contributed by atoms with Crippen molar-refractivity contribution in [3.05, 3.63) is 64.5 Å². The molecule has 1 heterocycles. The van der Waals surface area contributed by atoms with Crippen LogP contribution in [0.1, 0.15) is 10.4 Å². The van der Waals surface area contributed by atoms with Gasteiger partial charge in [-0.25, -0.2) is 4.79 Å². The molecule has 0 saturated heterocycles.